The second-order valence-electron chi connectivity index (χ2n) is 6.94. The van der Waals surface area contributed by atoms with Crippen molar-refractivity contribution in [2.75, 3.05) is 25.5 Å². The normalized spacial score (nSPS) is 18.3. The number of aromatic hydroxyl groups is 1. The van der Waals surface area contributed by atoms with Gasteiger partial charge in [-0.1, -0.05) is 11.6 Å². The number of hydrogen-bond acceptors (Lipinski definition) is 5. The third kappa shape index (κ3) is 3.22. The van der Waals surface area contributed by atoms with Gasteiger partial charge in [-0.05, 0) is 56.8 Å². The summed E-state index contributed by atoms with van der Waals surface area (Å²) in [5.74, 6) is 1.61. The fourth-order valence-corrected chi connectivity index (χ4v) is 3.75. The van der Waals surface area contributed by atoms with Gasteiger partial charge in [0.2, 0.25) is 0 Å². The highest BCUT2D eigenvalue weighted by Gasteiger charge is 2.19. The minimum Gasteiger partial charge on any atom is -0.507 e. The lowest BCUT2D eigenvalue weighted by Gasteiger charge is -2.30. The van der Waals surface area contributed by atoms with Crippen LogP contribution < -0.4 is 5.32 Å². The van der Waals surface area contributed by atoms with Crippen LogP contribution in [0.4, 0.5) is 5.82 Å². The molecule has 0 saturated carbocycles. The van der Waals surface area contributed by atoms with Gasteiger partial charge in [0.15, 0.2) is 5.65 Å². The zero-order chi connectivity index (χ0) is 18.3. The number of phenols is 1. The van der Waals surface area contributed by atoms with Crippen molar-refractivity contribution in [3.8, 4) is 17.1 Å². The largest absolute Gasteiger partial charge is 0.507 e. The van der Waals surface area contributed by atoms with E-state index in [9.17, 15) is 5.11 Å². The molecule has 2 N–H and O–H groups in total. The number of nitrogens with zero attached hydrogens (tertiary/aromatic N) is 4. The Bertz CT molecular complexity index is 954. The smallest absolute Gasteiger partial charge is 0.180 e. The zero-order valence-electron chi connectivity index (χ0n) is 14.9. The summed E-state index contributed by atoms with van der Waals surface area (Å²) in [5.41, 5.74) is 2.21. The molecule has 0 bridgehead atoms. The Morgan fingerprint density at radius 1 is 1.19 bits per heavy atom. The van der Waals surface area contributed by atoms with Gasteiger partial charge in [-0.15, -0.1) is 0 Å². The van der Waals surface area contributed by atoms with E-state index in [2.05, 4.69) is 27.2 Å². The molecular formula is C19H22ClN5O. The van der Waals surface area contributed by atoms with Crippen LogP contribution >= 0.6 is 11.6 Å². The molecule has 0 amide bonds. The Morgan fingerprint density at radius 2 is 2.04 bits per heavy atom. The van der Waals surface area contributed by atoms with Gasteiger partial charge >= 0.3 is 0 Å². The molecule has 0 aliphatic carbocycles. The van der Waals surface area contributed by atoms with E-state index in [0.717, 1.165) is 30.8 Å². The van der Waals surface area contributed by atoms with Gasteiger partial charge in [-0.25, -0.2) is 9.97 Å². The minimum atomic E-state index is 0.111. The maximum Gasteiger partial charge on any atom is 0.180 e. The molecule has 3 aromatic rings. The number of likely N-dealkylation sites (N-methyl/N-ethyl adjacent to an activating group) is 1. The molecule has 136 valence electrons. The number of phenolic OH excluding ortho intramolecular Hbond substituents is 1. The SMILES string of the molecule is CN1CCC[C@@H](Nc2ccc3c(n2)nc(-c2ccc(Cl)cc2O)n3C)C1. The lowest BCUT2D eigenvalue weighted by molar-refractivity contribution is 0.261. The van der Waals surface area contributed by atoms with Crippen LogP contribution in [0.3, 0.4) is 0 Å². The van der Waals surface area contributed by atoms with E-state index < -0.39 is 0 Å². The van der Waals surface area contributed by atoms with Crippen LogP contribution in [0.2, 0.25) is 5.02 Å². The first-order chi connectivity index (χ1) is 12.5. The van der Waals surface area contributed by atoms with Gasteiger partial charge in [0.1, 0.15) is 17.4 Å². The van der Waals surface area contributed by atoms with Crippen LogP contribution in [-0.4, -0.2) is 50.7 Å². The summed E-state index contributed by atoms with van der Waals surface area (Å²) in [6, 6.07) is 9.45. The minimum absolute atomic E-state index is 0.111. The third-order valence-electron chi connectivity index (χ3n) is 4.92. The maximum atomic E-state index is 10.2. The number of aromatic nitrogens is 3. The summed E-state index contributed by atoms with van der Waals surface area (Å²) in [6.07, 6.45) is 2.34. The number of anilines is 1. The highest BCUT2D eigenvalue weighted by atomic mass is 35.5. The van der Waals surface area contributed by atoms with Crippen molar-refractivity contribution in [1.82, 2.24) is 19.4 Å². The van der Waals surface area contributed by atoms with E-state index in [4.69, 9.17) is 11.6 Å². The number of imidazole rings is 1. The first-order valence-corrected chi connectivity index (χ1v) is 9.16. The van der Waals surface area contributed by atoms with E-state index in [-0.39, 0.29) is 5.75 Å². The van der Waals surface area contributed by atoms with Crippen LogP contribution in [-0.2, 0) is 7.05 Å². The van der Waals surface area contributed by atoms with Crippen LogP contribution in [0.5, 0.6) is 5.75 Å². The second kappa shape index (κ2) is 6.78. The third-order valence-corrected chi connectivity index (χ3v) is 5.16. The summed E-state index contributed by atoms with van der Waals surface area (Å²) in [4.78, 5) is 11.7. The number of hydrogen-bond donors (Lipinski definition) is 2. The van der Waals surface area contributed by atoms with Gasteiger partial charge in [0, 0.05) is 24.7 Å². The standard InChI is InChI=1S/C19H22ClN5O/c1-24-9-3-4-13(11-24)21-17-8-7-15-18(22-17)23-19(25(15)2)14-6-5-12(20)10-16(14)26/h5-8,10,13,26H,3-4,9,11H2,1-2H3,(H,21,22)/t13-/m1/s1. The van der Waals surface area contributed by atoms with Gasteiger partial charge in [-0.2, -0.15) is 0 Å². The second-order valence-corrected chi connectivity index (χ2v) is 7.38. The van der Waals surface area contributed by atoms with Crippen LogP contribution in [0, 0.1) is 0 Å². The molecule has 1 fully saturated rings. The molecule has 2 aromatic heterocycles. The number of benzene rings is 1. The molecule has 0 spiro atoms. The van der Waals surface area contributed by atoms with Crippen molar-refractivity contribution in [3.63, 3.8) is 0 Å². The highest BCUT2D eigenvalue weighted by Crippen LogP contribution is 2.32. The van der Waals surface area contributed by atoms with E-state index in [1.807, 2.05) is 23.7 Å². The van der Waals surface area contributed by atoms with Gasteiger partial charge in [-0.3, -0.25) is 0 Å². The fraction of sp³-hybridized carbons (Fsp3) is 0.368. The van der Waals surface area contributed by atoms with Gasteiger partial charge in [0.05, 0.1) is 11.1 Å². The average Bonchev–Trinajstić information content (AvgIpc) is 2.91. The lowest BCUT2D eigenvalue weighted by atomic mass is 10.1. The number of piperidine rings is 1. The number of fused-ring (bicyclic) bond motifs is 1. The van der Waals surface area contributed by atoms with Gasteiger partial charge in [0.25, 0.3) is 0 Å². The summed E-state index contributed by atoms with van der Waals surface area (Å²) in [7, 11) is 4.07. The average molecular weight is 372 g/mol. The Labute approximate surface area is 157 Å². The Hall–Kier alpha value is -2.31. The van der Waals surface area contributed by atoms with Crippen molar-refractivity contribution in [2.24, 2.45) is 7.05 Å². The zero-order valence-corrected chi connectivity index (χ0v) is 15.7. The van der Waals surface area contributed by atoms with E-state index in [1.165, 1.54) is 12.5 Å². The summed E-state index contributed by atoms with van der Waals surface area (Å²) < 4.78 is 1.93. The lowest BCUT2D eigenvalue weighted by Crippen LogP contribution is -2.39. The van der Waals surface area contributed by atoms with Crippen LogP contribution in [0.25, 0.3) is 22.6 Å². The Kier molecular flexibility index (Phi) is 4.46. The molecule has 1 aliphatic heterocycles. The predicted molar refractivity (Wildman–Crippen MR) is 105 cm³/mol. The van der Waals surface area contributed by atoms with Crippen molar-refractivity contribution < 1.29 is 5.11 Å². The monoisotopic (exact) mass is 371 g/mol. The topological polar surface area (TPSA) is 66.2 Å². The van der Waals surface area contributed by atoms with E-state index in [1.54, 1.807) is 12.1 Å². The predicted octanol–water partition coefficient (Wildman–Crippen LogP) is 3.50. The number of halogens is 1. The van der Waals surface area contributed by atoms with Crippen molar-refractivity contribution in [2.45, 2.75) is 18.9 Å². The molecule has 1 aliphatic rings. The van der Waals surface area contributed by atoms with Crippen molar-refractivity contribution in [3.05, 3.63) is 35.4 Å². The number of nitrogens with one attached hydrogen (secondary N) is 1. The number of pyridine rings is 1. The van der Waals surface area contributed by atoms with Crippen LogP contribution in [0.1, 0.15) is 12.8 Å². The molecule has 3 heterocycles. The number of likely N-dealkylation sites (tertiary alicyclic amines) is 1. The molecule has 0 radical (unpaired) electrons. The highest BCUT2D eigenvalue weighted by molar-refractivity contribution is 6.30. The molecule has 7 heteroatoms. The van der Waals surface area contributed by atoms with Crippen molar-refractivity contribution in [1.29, 1.82) is 0 Å². The van der Waals surface area contributed by atoms with Crippen LogP contribution in [0.15, 0.2) is 30.3 Å². The molecule has 4 rings (SSSR count). The quantitative estimate of drug-likeness (QED) is 0.737. The van der Waals surface area contributed by atoms with E-state index >= 15 is 0 Å². The van der Waals surface area contributed by atoms with E-state index in [0.29, 0.717) is 28.1 Å². The first kappa shape index (κ1) is 17.1. The first-order valence-electron chi connectivity index (χ1n) is 8.79. The molecule has 1 saturated heterocycles. The molecule has 0 unspecified atom stereocenters. The fourth-order valence-electron chi connectivity index (χ4n) is 3.58. The summed E-state index contributed by atoms with van der Waals surface area (Å²) >= 11 is 5.94. The molecule has 26 heavy (non-hydrogen) atoms. The number of rotatable bonds is 3. The Morgan fingerprint density at radius 3 is 2.81 bits per heavy atom. The molecule has 6 nitrogen and oxygen atoms in total. The summed E-state index contributed by atoms with van der Waals surface area (Å²) in [5, 5.41) is 14.2. The molecule has 1 aromatic carbocycles. The van der Waals surface area contributed by atoms with Gasteiger partial charge < -0.3 is 19.9 Å². The summed E-state index contributed by atoms with van der Waals surface area (Å²) in [6.45, 7) is 2.17. The number of aryl methyl sites for hydroxylation is 1. The molecule has 1 atom stereocenters. The Balaban J connectivity index is 1.66. The molecular weight excluding hydrogens is 350 g/mol. The van der Waals surface area contributed by atoms with Crippen molar-refractivity contribution >= 4 is 28.6 Å². The maximum absolute atomic E-state index is 10.2.